The minimum Gasteiger partial charge on any atom is -0.314 e. The van der Waals surface area contributed by atoms with Crippen LogP contribution in [0.15, 0.2) is 48.8 Å². The minimum atomic E-state index is 0.486. The summed E-state index contributed by atoms with van der Waals surface area (Å²) in [6, 6.07) is 13.1. The molecule has 2 atom stereocenters. The van der Waals surface area contributed by atoms with Gasteiger partial charge in [0, 0.05) is 25.0 Å². The van der Waals surface area contributed by atoms with E-state index in [0.29, 0.717) is 12.0 Å². The Bertz CT molecular complexity index is 450. The number of rotatable bonds is 7. The Labute approximate surface area is 115 Å². The minimum absolute atomic E-state index is 0.486. The predicted molar refractivity (Wildman–Crippen MR) is 79.2 cm³/mol. The van der Waals surface area contributed by atoms with Gasteiger partial charge in [0.15, 0.2) is 0 Å². The van der Waals surface area contributed by atoms with E-state index < -0.39 is 0 Å². The van der Waals surface area contributed by atoms with E-state index in [-0.39, 0.29) is 0 Å². The van der Waals surface area contributed by atoms with Gasteiger partial charge in [-0.1, -0.05) is 37.3 Å². The molecule has 0 unspecified atom stereocenters. The van der Waals surface area contributed by atoms with Gasteiger partial charge in [0.25, 0.3) is 0 Å². The maximum absolute atomic E-state index is 4.20. The van der Waals surface area contributed by atoms with Gasteiger partial charge in [-0.25, -0.2) is 0 Å². The van der Waals surface area contributed by atoms with Crippen molar-refractivity contribution in [3.05, 3.63) is 54.4 Å². The van der Waals surface area contributed by atoms with Crippen LogP contribution in [-0.4, -0.2) is 22.4 Å². The number of hydrogen-bond acceptors (Lipinski definition) is 2. The van der Waals surface area contributed by atoms with Crippen molar-refractivity contribution < 1.29 is 0 Å². The van der Waals surface area contributed by atoms with Crippen molar-refractivity contribution in [3.8, 4) is 0 Å². The second-order valence-corrected chi connectivity index (χ2v) is 5.06. The standard InChI is InChI=1S/C16H23N3/c1-14(16-8-4-3-5-9-16)15(2)17-10-6-12-19-13-7-11-18-19/h3-5,7-9,11,13-15,17H,6,10,12H2,1-2H3/t14-,15-/m0/s1. The maximum Gasteiger partial charge on any atom is 0.0489 e. The molecule has 0 fully saturated rings. The molecule has 1 N–H and O–H groups in total. The summed E-state index contributed by atoms with van der Waals surface area (Å²) in [5.74, 6) is 0.533. The third-order valence-electron chi connectivity index (χ3n) is 3.66. The van der Waals surface area contributed by atoms with Crippen LogP contribution in [0.5, 0.6) is 0 Å². The molecule has 1 heterocycles. The van der Waals surface area contributed by atoms with E-state index in [1.54, 1.807) is 0 Å². The normalized spacial score (nSPS) is 14.2. The van der Waals surface area contributed by atoms with Crippen molar-refractivity contribution >= 4 is 0 Å². The second-order valence-electron chi connectivity index (χ2n) is 5.06. The third kappa shape index (κ3) is 4.21. The first-order valence-corrected chi connectivity index (χ1v) is 7.03. The molecule has 1 aromatic heterocycles. The van der Waals surface area contributed by atoms with E-state index in [4.69, 9.17) is 0 Å². The fourth-order valence-electron chi connectivity index (χ4n) is 2.23. The molecule has 3 nitrogen and oxygen atoms in total. The Morgan fingerprint density at radius 1 is 1.16 bits per heavy atom. The van der Waals surface area contributed by atoms with Crippen LogP contribution in [0.1, 0.15) is 31.7 Å². The molecule has 2 aromatic rings. The van der Waals surface area contributed by atoms with Crippen molar-refractivity contribution in [2.75, 3.05) is 6.54 Å². The summed E-state index contributed by atoms with van der Waals surface area (Å²) in [4.78, 5) is 0. The number of benzene rings is 1. The Balaban J connectivity index is 1.70. The van der Waals surface area contributed by atoms with Crippen LogP contribution >= 0.6 is 0 Å². The lowest BCUT2D eigenvalue weighted by Crippen LogP contribution is -2.32. The van der Waals surface area contributed by atoms with Gasteiger partial charge in [0.05, 0.1) is 0 Å². The molecule has 1 aromatic carbocycles. The van der Waals surface area contributed by atoms with E-state index in [1.165, 1.54) is 5.56 Å². The van der Waals surface area contributed by atoms with Crippen molar-refractivity contribution in [2.24, 2.45) is 0 Å². The average Bonchev–Trinajstić information content (AvgIpc) is 2.96. The fraction of sp³-hybridized carbons (Fsp3) is 0.438. The molecule has 102 valence electrons. The first-order chi connectivity index (χ1) is 9.27. The monoisotopic (exact) mass is 257 g/mol. The number of nitrogens with zero attached hydrogens (tertiary/aromatic N) is 2. The van der Waals surface area contributed by atoms with Gasteiger partial charge in [-0.2, -0.15) is 5.10 Å². The quantitative estimate of drug-likeness (QED) is 0.773. The highest BCUT2D eigenvalue weighted by atomic mass is 15.3. The summed E-state index contributed by atoms with van der Waals surface area (Å²) in [5, 5.41) is 7.81. The summed E-state index contributed by atoms with van der Waals surface area (Å²) >= 11 is 0. The van der Waals surface area contributed by atoms with Crippen molar-refractivity contribution in [1.29, 1.82) is 0 Å². The zero-order valence-electron chi connectivity index (χ0n) is 11.8. The van der Waals surface area contributed by atoms with E-state index in [1.807, 2.05) is 23.1 Å². The molecule has 0 aliphatic carbocycles. The number of aryl methyl sites for hydroxylation is 1. The van der Waals surface area contributed by atoms with E-state index >= 15 is 0 Å². The molecule has 0 saturated heterocycles. The summed E-state index contributed by atoms with van der Waals surface area (Å²) in [5.41, 5.74) is 1.40. The van der Waals surface area contributed by atoms with Crippen molar-refractivity contribution in [3.63, 3.8) is 0 Å². The molecule has 0 saturated carbocycles. The predicted octanol–water partition coefficient (Wildman–Crippen LogP) is 3.06. The van der Waals surface area contributed by atoms with Crippen LogP contribution in [-0.2, 0) is 6.54 Å². The molecular weight excluding hydrogens is 234 g/mol. The highest BCUT2D eigenvalue weighted by Crippen LogP contribution is 2.18. The molecule has 2 rings (SSSR count). The van der Waals surface area contributed by atoms with Gasteiger partial charge in [-0.3, -0.25) is 4.68 Å². The van der Waals surface area contributed by atoms with Crippen molar-refractivity contribution in [1.82, 2.24) is 15.1 Å². The zero-order valence-corrected chi connectivity index (χ0v) is 11.8. The Morgan fingerprint density at radius 2 is 1.95 bits per heavy atom. The summed E-state index contributed by atoms with van der Waals surface area (Å²) in [6.45, 7) is 6.54. The molecule has 0 aliphatic rings. The highest BCUT2D eigenvalue weighted by Gasteiger charge is 2.12. The molecular formula is C16H23N3. The Kier molecular flexibility index (Phi) is 5.16. The number of hydrogen-bond donors (Lipinski definition) is 1. The zero-order chi connectivity index (χ0) is 13.5. The van der Waals surface area contributed by atoms with Crippen molar-refractivity contribution in [2.45, 2.75) is 38.8 Å². The van der Waals surface area contributed by atoms with E-state index in [9.17, 15) is 0 Å². The summed E-state index contributed by atoms with van der Waals surface area (Å²) < 4.78 is 1.98. The number of nitrogens with one attached hydrogen (secondary N) is 1. The Hall–Kier alpha value is -1.61. The largest absolute Gasteiger partial charge is 0.314 e. The molecule has 3 heteroatoms. The lowest BCUT2D eigenvalue weighted by Gasteiger charge is -2.21. The van der Waals surface area contributed by atoms with Gasteiger partial charge in [-0.05, 0) is 37.4 Å². The van der Waals surface area contributed by atoms with Gasteiger partial charge in [0.2, 0.25) is 0 Å². The van der Waals surface area contributed by atoms with Gasteiger partial charge < -0.3 is 5.32 Å². The smallest absolute Gasteiger partial charge is 0.0489 e. The lowest BCUT2D eigenvalue weighted by atomic mass is 9.94. The molecule has 0 amide bonds. The van der Waals surface area contributed by atoms with Gasteiger partial charge >= 0.3 is 0 Å². The van der Waals surface area contributed by atoms with Crippen LogP contribution in [0.2, 0.25) is 0 Å². The van der Waals surface area contributed by atoms with Crippen LogP contribution in [0.4, 0.5) is 0 Å². The van der Waals surface area contributed by atoms with E-state index in [0.717, 1.165) is 19.5 Å². The lowest BCUT2D eigenvalue weighted by molar-refractivity contribution is 0.456. The second kappa shape index (κ2) is 7.10. The van der Waals surface area contributed by atoms with Crippen LogP contribution in [0.25, 0.3) is 0 Å². The fourth-order valence-corrected chi connectivity index (χ4v) is 2.23. The molecule has 0 radical (unpaired) electrons. The topological polar surface area (TPSA) is 29.9 Å². The van der Waals surface area contributed by atoms with Crippen LogP contribution < -0.4 is 5.32 Å². The molecule has 0 spiro atoms. The summed E-state index contributed by atoms with van der Waals surface area (Å²) in [6.07, 6.45) is 4.94. The average molecular weight is 257 g/mol. The maximum atomic E-state index is 4.20. The van der Waals surface area contributed by atoms with Gasteiger partial charge in [-0.15, -0.1) is 0 Å². The first-order valence-electron chi connectivity index (χ1n) is 7.03. The van der Waals surface area contributed by atoms with Crippen LogP contribution in [0, 0.1) is 0 Å². The first kappa shape index (κ1) is 13.8. The summed E-state index contributed by atoms with van der Waals surface area (Å²) in [7, 11) is 0. The molecule has 0 bridgehead atoms. The highest BCUT2D eigenvalue weighted by molar-refractivity contribution is 5.20. The molecule has 0 aliphatic heterocycles. The van der Waals surface area contributed by atoms with E-state index in [2.05, 4.69) is 54.6 Å². The van der Waals surface area contributed by atoms with Gasteiger partial charge in [0.1, 0.15) is 0 Å². The number of aromatic nitrogens is 2. The third-order valence-corrected chi connectivity index (χ3v) is 3.66. The SMILES string of the molecule is C[C@H](NCCCn1cccn1)[C@H](C)c1ccccc1. The Morgan fingerprint density at radius 3 is 2.63 bits per heavy atom. The molecule has 19 heavy (non-hydrogen) atoms. The van der Waals surface area contributed by atoms with Crippen LogP contribution in [0.3, 0.4) is 0 Å².